The molecule has 0 saturated carbocycles. The third kappa shape index (κ3) is 5.00. The number of nitrogens with one attached hydrogen (secondary N) is 1. The molecule has 1 aromatic carbocycles. The smallest absolute Gasteiger partial charge is 0.287 e. The normalized spacial score (nSPS) is 10.3. The number of para-hydroxylation sites is 1. The molecule has 1 heterocycles. The maximum atomic E-state index is 11.8. The van der Waals surface area contributed by atoms with Gasteiger partial charge in [-0.25, -0.2) is 0 Å². The molecule has 0 aliphatic rings. The van der Waals surface area contributed by atoms with Crippen molar-refractivity contribution in [2.24, 2.45) is 0 Å². The van der Waals surface area contributed by atoms with Crippen molar-refractivity contribution >= 4 is 5.91 Å². The fourth-order valence-corrected chi connectivity index (χ4v) is 2.05. The number of amides is 1. The first-order chi connectivity index (χ1) is 11.2. The predicted molar refractivity (Wildman–Crippen MR) is 87.6 cm³/mol. The molecule has 2 rings (SSSR count). The first-order valence-corrected chi connectivity index (χ1v) is 7.42. The number of hydrogen-bond donors (Lipinski definition) is 1. The van der Waals surface area contributed by atoms with Crippen LogP contribution in [0.3, 0.4) is 0 Å². The fourth-order valence-electron chi connectivity index (χ4n) is 2.05. The molecule has 1 amide bonds. The number of ether oxygens (including phenoxy) is 2. The van der Waals surface area contributed by atoms with Crippen molar-refractivity contribution in [1.29, 1.82) is 0 Å². The van der Waals surface area contributed by atoms with E-state index < -0.39 is 0 Å². The summed E-state index contributed by atoms with van der Waals surface area (Å²) < 4.78 is 16.2. The molecule has 1 N–H and O–H groups in total. The third-order valence-electron chi connectivity index (χ3n) is 3.18. The van der Waals surface area contributed by atoms with Gasteiger partial charge in [-0.1, -0.05) is 24.3 Å². The average molecular weight is 315 g/mol. The van der Waals surface area contributed by atoms with E-state index in [1.54, 1.807) is 19.2 Å². The van der Waals surface area contributed by atoms with Crippen LogP contribution in [0.15, 0.2) is 53.5 Å². The Balaban J connectivity index is 1.92. The predicted octanol–water partition coefficient (Wildman–Crippen LogP) is 2.96. The van der Waals surface area contributed by atoms with E-state index in [-0.39, 0.29) is 18.3 Å². The molecule has 0 atom stereocenters. The van der Waals surface area contributed by atoms with Crippen LogP contribution >= 0.6 is 0 Å². The Morgan fingerprint density at radius 3 is 2.91 bits per heavy atom. The first-order valence-electron chi connectivity index (χ1n) is 7.42. The summed E-state index contributed by atoms with van der Waals surface area (Å²) >= 11 is 0. The SMILES string of the molecule is C=CCc1ccccc1OCc1ccc(C(=O)NCCOC)o1. The molecule has 0 fully saturated rings. The highest BCUT2D eigenvalue weighted by Gasteiger charge is 2.11. The highest BCUT2D eigenvalue weighted by molar-refractivity contribution is 5.91. The van der Waals surface area contributed by atoms with Crippen molar-refractivity contribution < 1.29 is 18.7 Å². The number of carbonyl (C=O) groups excluding carboxylic acids is 1. The van der Waals surface area contributed by atoms with Gasteiger partial charge < -0.3 is 19.2 Å². The van der Waals surface area contributed by atoms with E-state index in [2.05, 4.69) is 11.9 Å². The van der Waals surface area contributed by atoms with Crippen molar-refractivity contribution in [3.63, 3.8) is 0 Å². The number of hydrogen-bond acceptors (Lipinski definition) is 4. The maximum Gasteiger partial charge on any atom is 0.287 e. The van der Waals surface area contributed by atoms with Crippen molar-refractivity contribution in [3.05, 3.63) is 66.1 Å². The quantitative estimate of drug-likeness (QED) is 0.571. The van der Waals surface area contributed by atoms with Gasteiger partial charge in [0.05, 0.1) is 6.61 Å². The Bertz CT molecular complexity index is 648. The second-order valence-corrected chi connectivity index (χ2v) is 4.90. The van der Waals surface area contributed by atoms with Gasteiger partial charge in [-0.3, -0.25) is 4.79 Å². The lowest BCUT2D eigenvalue weighted by atomic mass is 10.1. The largest absolute Gasteiger partial charge is 0.485 e. The Morgan fingerprint density at radius 1 is 1.30 bits per heavy atom. The van der Waals surface area contributed by atoms with Crippen LogP contribution in [0.1, 0.15) is 21.9 Å². The lowest BCUT2D eigenvalue weighted by Crippen LogP contribution is -2.26. The molecular weight excluding hydrogens is 294 g/mol. The van der Waals surface area contributed by atoms with E-state index >= 15 is 0 Å². The number of furan rings is 1. The minimum absolute atomic E-state index is 0.263. The van der Waals surface area contributed by atoms with Crippen LogP contribution in [0.5, 0.6) is 5.75 Å². The van der Waals surface area contributed by atoms with Gasteiger partial charge in [0.2, 0.25) is 0 Å². The summed E-state index contributed by atoms with van der Waals surface area (Å²) in [6, 6.07) is 11.1. The summed E-state index contributed by atoms with van der Waals surface area (Å²) in [5, 5.41) is 2.70. The van der Waals surface area contributed by atoms with E-state index in [0.717, 1.165) is 17.7 Å². The molecule has 0 spiro atoms. The van der Waals surface area contributed by atoms with Crippen LogP contribution in [-0.2, 0) is 17.8 Å². The number of methoxy groups -OCH3 is 1. The molecule has 0 bridgehead atoms. The number of rotatable bonds is 9. The average Bonchev–Trinajstić information content (AvgIpc) is 3.03. The van der Waals surface area contributed by atoms with Crippen LogP contribution in [0.4, 0.5) is 0 Å². The van der Waals surface area contributed by atoms with Crippen molar-refractivity contribution in [2.45, 2.75) is 13.0 Å². The molecule has 0 unspecified atom stereocenters. The number of allylic oxidation sites excluding steroid dienone is 1. The Labute approximate surface area is 135 Å². The standard InChI is InChI=1S/C18H21NO4/c1-3-6-14-7-4-5-8-16(14)22-13-15-9-10-17(23-15)18(20)19-11-12-21-2/h3-5,7-10H,1,6,11-13H2,2H3,(H,19,20). The summed E-state index contributed by atoms with van der Waals surface area (Å²) in [5.41, 5.74) is 1.06. The third-order valence-corrected chi connectivity index (χ3v) is 3.18. The van der Waals surface area contributed by atoms with Gasteiger partial charge in [-0.15, -0.1) is 6.58 Å². The van der Waals surface area contributed by atoms with Gasteiger partial charge in [0.25, 0.3) is 5.91 Å². The van der Waals surface area contributed by atoms with E-state index in [9.17, 15) is 4.79 Å². The molecule has 122 valence electrons. The van der Waals surface area contributed by atoms with Crippen LogP contribution in [0.25, 0.3) is 0 Å². The molecule has 23 heavy (non-hydrogen) atoms. The minimum atomic E-state index is -0.264. The minimum Gasteiger partial charge on any atom is -0.485 e. The fraction of sp³-hybridized carbons (Fsp3) is 0.278. The van der Waals surface area contributed by atoms with Crippen LogP contribution < -0.4 is 10.1 Å². The van der Waals surface area contributed by atoms with Crippen LogP contribution in [-0.4, -0.2) is 26.2 Å². The molecular formula is C18H21NO4. The molecule has 0 radical (unpaired) electrons. The van der Waals surface area contributed by atoms with Gasteiger partial charge in [-0.2, -0.15) is 0 Å². The van der Waals surface area contributed by atoms with Gasteiger partial charge >= 0.3 is 0 Å². The van der Waals surface area contributed by atoms with E-state index in [0.29, 0.717) is 18.9 Å². The molecule has 0 saturated heterocycles. The Morgan fingerprint density at radius 2 is 2.13 bits per heavy atom. The Hall–Kier alpha value is -2.53. The zero-order valence-corrected chi connectivity index (χ0v) is 13.2. The molecule has 2 aromatic rings. The van der Waals surface area contributed by atoms with E-state index in [4.69, 9.17) is 13.9 Å². The highest BCUT2D eigenvalue weighted by Crippen LogP contribution is 2.20. The molecule has 0 aliphatic heterocycles. The van der Waals surface area contributed by atoms with Gasteiger partial charge in [-0.05, 0) is 30.2 Å². The maximum absolute atomic E-state index is 11.8. The molecule has 0 aliphatic carbocycles. The summed E-state index contributed by atoms with van der Waals surface area (Å²) in [6.45, 7) is 4.91. The van der Waals surface area contributed by atoms with Gasteiger partial charge in [0.15, 0.2) is 5.76 Å². The van der Waals surface area contributed by atoms with Gasteiger partial charge in [0, 0.05) is 13.7 Å². The summed E-state index contributed by atoms with van der Waals surface area (Å²) in [4.78, 5) is 11.8. The Kier molecular flexibility index (Phi) is 6.44. The molecule has 1 aromatic heterocycles. The monoisotopic (exact) mass is 315 g/mol. The van der Waals surface area contributed by atoms with Crippen molar-refractivity contribution in [2.75, 3.05) is 20.3 Å². The first kappa shape index (κ1) is 16.8. The van der Waals surface area contributed by atoms with E-state index in [1.807, 2.05) is 30.3 Å². The lowest BCUT2D eigenvalue weighted by molar-refractivity contribution is 0.0905. The number of carbonyl (C=O) groups is 1. The highest BCUT2D eigenvalue weighted by atomic mass is 16.5. The molecule has 5 nitrogen and oxygen atoms in total. The topological polar surface area (TPSA) is 60.7 Å². The lowest BCUT2D eigenvalue weighted by Gasteiger charge is -2.08. The second-order valence-electron chi connectivity index (χ2n) is 4.90. The molecule has 5 heteroatoms. The van der Waals surface area contributed by atoms with E-state index in [1.165, 1.54) is 0 Å². The summed E-state index contributed by atoms with van der Waals surface area (Å²) in [7, 11) is 1.58. The van der Waals surface area contributed by atoms with Crippen molar-refractivity contribution in [1.82, 2.24) is 5.32 Å². The van der Waals surface area contributed by atoms with Gasteiger partial charge in [0.1, 0.15) is 18.1 Å². The zero-order chi connectivity index (χ0) is 16.5. The van der Waals surface area contributed by atoms with Crippen LogP contribution in [0.2, 0.25) is 0 Å². The summed E-state index contributed by atoms with van der Waals surface area (Å²) in [6.07, 6.45) is 2.57. The number of benzene rings is 1. The van der Waals surface area contributed by atoms with Crippen molar-refractivity contribution in [3.8, 4) is 5.75 Å². The zero-order valence-electron chi connectivity index (χ0n) is 13.2. The van der Waals surface area contributed by atoms with Crippen LogP contribution in [0, 0.1) is 0 Å². The second kappa shape index (κ2) is 8.80. The summed E-state index contributed by atoms with van der Waals surface area (Å²) in [5.74, 6) is 1.38.